The Morgan fingerprint density at radius 3 is 2.31 bits per heavy atom. The Kier molecular flexibility index (Phi) is 4.26. The van der Waals surface area contributed by atoms with Crippen molar-refractivity contribution < 1.29 is 14.4 Å². The Bertz CT molecular complexity index is 757. The Hall–Kier alpha value is -2.29. The number of hydrogen-bond acceptors (Lipinski definition) is 6. The van der Waals surface area contributed by atoms with E-state index < -0.39 is 6.03 Å². The van der Waals surface area contributed by atoms with Gasteiger partial charge in [0.2, 0.25) is 16.9 Å². The molecule has 4 atom stereocenters. The summed E-state index contributed by atoms with van der Waals surface area (Å²) in [5.74, 6) is -0.319. The topological polar surface area (TPSA) is 104 Å². The first-order chi connectivity index (χ1) is 12.5. The SMILES string of the molecule is CC(C)c1nnc(NC(=O)NCN2C(=O)[C@@H]3[C@@H](C2=O)[C@H]2C=C[C@H]3CC2)s1. The number of rotatable bonds is 4. The predicted molar refractivity (Wildman–Crippen MR) is 95.2 cm³/mol. The normalized spacial score (nSPS) is 29.4. The average Bonchev–Trinajstić information content (AvgIpc) is 3.19. The Morgan fingerprint density at radius 1 is 1.19 bits per heavy atom. The zero-order valence-corrected chi connectivity index (χ0v) is 15.5. The van der Waals surface area contributed by atoms with Crippen LogP contribution in [0.4, 0.5) is 9.93 Å². The van der Waals surface area contributed by atoms with Crippen molar-refractivity contribution in [2.75, 3.05) is 12.0 Å². The molecule has 4 aliphatic rings. The van der Waals surface area contributed by atoms with Crippen molar-refractivity contribution in [3.05, 3.63) is 17.2 Å². The first kappa shape index (κ1) is 17.1. The highest BCUT2D eigenvalue weighted by molar-refractivity contribution is 7.15. The second kappa shape index (κ2) is 6.46. The largest absolute Gasteiger partial charge is 0.322 e. The minimum absolute atomic E-state index is 0.119. The van der Waals surface area contributed by atoms with Crippen LogP contribution in [-0.4, -0.2) is 39.6 Å². The van der Waals surface area contributed by atoms with Gasteiger partial charge >= 0.3 is 6.03 Å². The molecule has 0 spiro atoms. The fourth-order valence-corrected chi connectivity index (χ4v) is 4.84. The van der Waals surface area contributed by atoms with Gasteiger partial charge in [0.15, 0.2) is 0 Å². The van der Waals surface area contributed by atoms with Gasteiger partial charge in [0.25, 0.3) is 0 Å². The number of aromatic nitrogens is 2. The lowest BCUT2D eigenvalue weighted by atomic mass is 9.63. The van der Waals surface area contributed by atoms with Crippen molar-refractivity contribution in [3.63, 3.8) is 0 Å². The lowest BCUT2D eigenvalue weighted by molar-refractivity contribution is -0.140. The molecule has 4 amide bonds. The third-order valence-electron chi connectivity index (χ3n) is 5.40. The fraction of sp³-hybridized carbons (Fsp3) is 0.588. The minimum Gasteiger partial charge on any atom is -0.320 e. The summed E-state index contributed by atoms with van der Waals surface area (Å²) < 4.78 is 0. The molecular weight excluding hydrogens is 354 g/mol. The van der Waals surface area contributed by atoms with Crippen LogP contribution in [0.25, 0.3) is 0 Å². The minimum atomic E-state index is -0.506. The van der Waals surface area contributed by atoms with Crippen molar-refractivity contribution in [1.82, 2.24) is 20.4 Å². The van der Waals surface area contributed by atoms with Crippen LogP contribution in [0.15, 0.2) is 12.2 Å². The number of urea groups is 1. The smallest absolute Gasteiger partial charge is 0.320 e. The number of amides is 4. The monoisotopic (exact) mass is 375 g/mol. The summed E-state index contributed by atoms with van der Waals surface area (Å²) in [5.41, 5.74) is 0. The maximum atomic E-state index is 12.7. The highest BCUT2D eigenvalue weighted by atomic mass is 32.1. The average molecular weight is 375 g/mol. The van der Waals surface area contributed by atoms with Crippen LogP contribution >= 0.6 is 11.3 Å². The summed E-state index contributed by atoms with van der Waals surface area (Å²) >= 11 is 1.30. The van der Waals surface area contributed by atoms with E-state index in [1.807, 2.05) is 13.8 Å². The van der Waals surface area contributed by atoms with E-state index in [0.29, 0.717) is 5.13 Å². The molecule has 26 heavy (non-hydrogen) atoms. The number of hydrogen-bond donors (Lipinski definition) is 2. The molecule has 2 heterocycles. The van der Waals surface area contributed by atoms with Gasteiger partial charge < -0.3 is 5.32 Å². The molecule has 0 aromatic carbocycles. The van der Waals surface area contributed by atoms with Gasteiger partial charge in [-0.3, -0.25) is 19.8 Å². The molecule has 2 bridgehead atoms. The Labute approximate surface area is 155 Å². The highest BCUT2D eigenvalue weighted by Gasteiger charge is 2.56. The number of allylic oxidation sites excluding steroid dienone is 2. The molecule has 1 saturated heterocycles. The van der Waals surface area contributed by atoms with Crippen molar-refractivity contribution in [3.8, 4) is 0 Å². The van der Waals surface area contributed by atoms with Crippen LogP contribution in [0.2, 0.25) is 0 Å². The van der Waals surface area contributed by atoms with Crippen molar-refractivity contribution in [2.24, 2.45) is 23.7 Å². The third kappa shape index (κ3) is 2.80. The number of carbonyl (C=O) groups excluding carboxylic acids is 3. The third-order valence-corrected chi connectivity index (χ3v) is 6.54. The number of anilines is 1. The van der Waals surface area contributed by atoms with Crippen molar-refractivity contribution >= 4 is 34.3 Å². The first-order valence-electron chi connectivity index (χ1n) is 8.87. The summed E-state index contributed by atoms with van der Waals surface area (Å²) in [6, 6.07) is -0.506. The molecule has 1 saturated carbocycles. The fourth-order valence-electron chi connectivity index (χ4n) is 4.10. The Balaban J connectivity index is 1.36. The van der Waals surface area contributed by atoms with E-state index in [1.165, 1.54) is 16.2 Å². The maximum Gasteiger partial charge on any atom is 0.322 e. The number of fused-ring (bicyclic) bond motifs is 1. The van der Waals surface area contributed by atoms with E-state index in [-0.39, 0.29) is 48.1 Å². The summed E-state index contributed by atoms with van der Waals surface area (Å²) in [4.78, 5) is 38.6. The van der Waals surface area contributed by atoms with Gasteiger partial charge in [-0.05, 0) is 24.7 Å². The van der Waals surface area contributed by atoms with E-state index in [9.17, 15) is 14.4 Å². The van der Waals surface area contributed by atoms with Crippen LogP contribution in [0, 0.1) is 23.7 Å². The number of likely N-dealkylation sites (tertiary alicyclic amines) is 1. The molecule has 9 heteroatoms. The lowest BCUT2D eigenvalue weighted by Crippen LogP contribution is -2.43. The lowest BCUT2D eigenvalue weighted by Gasteiger charge is -2.38. The quantitative estimate of drug-likeness (QED) is 0.618. The predicted octanol–water partition coefficient (Wildman–Crippen LogP) is 1.94. The highest BCUT2D eigenvalue weighted by Crippen LogP contribution is 2.49. The summed E-state index contributed by atoms with van der Waals surface area (Å²) in [5, 5.41) is 14.3. The number of nitrogens with zero attached hydrogens (tertiary/aromatic N) is 3. The van der Waals surface area contributed by atoms with Crippen LogP contribution in [0.5, 0.6) is 0 Å². The molecule has 138 valence electrons. The van der Waals surface area contributed by atoms with Crippen molar-refractivity contribution in [1.29, 1.82) is 0 Å². The summed E-state index contributed by atoms with van der Waals surface area (Å²) in [6.45, 7) is 3.87. The van der Waals surface area contributed by atoms with Gasteiger partial charge in [0.1, 0.15) is 11.7 Å². The molecule has 2 N–H and O–H groups in total. The molecule has 8 nitrogen and oxygen atoms in total. The van der Waals surface area contributed by atoms with Crippen LogP contribution in [-0.2, 0) is 9.59 Å². The zero-order chi connectivity index (χ0) is 18.4. The molecule has 5 rings (SSSR count). The van der Waals surface area contributed by atoms with Gasteiger partial charge in [0.05, 0.1) is 11.8 Å². The van der Waals surface area contributed by atoms with Gasteiger partial charge in [0, 0.05) is 5.92 Å². The van der Waals surface area contributed by atoms with Crippen LogP contribution in [0.3, 0.4) is 0 Å². The molecular formula is C17H21N5O3S. The zero-order valence-electron chi connectivity index (χ0n) is 14.6. The molecule has 1 aromatic rings. The van der Waals surface area contributed by atoms with E-state index in [0.717, 1.165) is 17.8 Å². The summed E-state index contributed by atoms with van der Waals surface area (Å²) in [7, 11) is 0. The van der Waals surface area contributed by atoms with Gasteiger partial charge in [-0.1, -0.05) is 37.3 Å². The number of imide groups is 1. The van der Waals surface area contributed by atoms with Crippen molar-refractivity contribution in [2.45, 2.75) is 32.6 Å². The summed E-state index contributed by atoms with van der Waals surface area (Å²) in [6.07, 6.45) is 6.06. The van der Waals surface area contributed by atoms with Gasteiger partial charge in [-0.2, -0.15) is 0 Å². The van der Waals surface area contributed by atoms with Crippen LogP contribution in [0.1, 0.15) is 37.6 Å². The molecule has 0 radical (unpaired) electrons. The molecule has 1 aromatic heterocycles. The Morgan fingerprint density at radius 2 is 1.81 bits per heavy atom. The van der Waals surface area contributed by atoms with E-state index in [4.69, 9.17) is 0 Å². The van der Waals surface area contributed by atoms with Gasteiger partial charge in [-0.25, -0.2) is 4.79 Å². The van der Waals surface area contributed by atoms with E-state index >= 15 is 0 Å². The second-order valence-electron chi connectivity index (χ2n) is 7.34. The van der Waals surface area contributed by atoms with Crippen LogP contribution < -0.4 is 10.6 Å². The maximum absolute atomic E-state index is 12.7. The first-order valence-corrected chi connectivity index (χ1v) is 9.69. The molecule has 3 aliphatic carbocycles. The van der Waals surface area contributed by atoms with E-state index in [1.54, 1.807) is 0 Å². The van der Waals surface area contributed by atoms with E-state index in [2.05, 4.69) is 33.0 Å². The van der Waals surface area contributed by atoms with Gasteiger partial charge in [-0.15, -0.1) is 10.2 Å². The molecule has 1 aliphatic heterocycles. The number of nitrogens with one attached hydrogen (secondary N) is 2. The molecule has 2 fully saturated rings. The molecule has 0 unspecified atom stereocenters. The number of carbonyl (C=O) groups is 3. The standard InChI is InChI=1S/C17H21N5O3S/c1-8(2)13-20-21-17(26-13)19-16(25)18-7-22-14(23)11-9-3-4-10(6-5-9)12(11)15(22)24/h3-4,8-12H,5-7H2,1-2H3,(H2,18,19,21,25)/t9-,10-,11-,12-/m0/s1. The second-order valence-corrected chi connectivity index (χ2v) is 8.34.